The van der Waals surface area contributed by atoms with Crippen molar-refractivity contribution in [2.45, 2.75) is 30.6 Å². The van der Waals surface area contributed by atoms with Gasteiger partial charge in [-0.2, -0.15) is 0 Å². The first-order valence-corrected chi connectivity index (χ1v) is 10.6. The number of nitrogens with zero attached hydrogens (tertiary/aromatic N) is 1. The van der Waals surface area contributed by atoms with Crippen LogP contribution in [0, 0.1) is 20.8 Å². The van der Waals surface area contributed by atoms with Crippen molar-refractivity contribution in [3.63, 3.8) is 0 Å². The summed E-state index contributed by atoms with van der Waals surface area (Å²) in [5, 5.41) is 1.24. The number of allylic oxidation sites excluding steroid dienone is 5. The Kier molecular flexibility index (Phi) is 6.35. The van der Waals surface area contributed by atoms with Crippen LogP contribution < -0.4 is 4.90 Å². The Labute approximate surface area is 171 Å². The first kappa shape index (κ1) is 19.7. The maximum absolute atomic E-state index is 4.16. The normalized spacial score (nSPS) is 15.3. The lowest BCUT2D eigenvalue weighted by Crippen LogP contribution is -2.08. The van der Waals surface area contributed by atoms with E-state index in [1.165, 1.54) is 37.2 Å². The molecule has 0 saturated heterocycles. The van der Waals surface area contributed by atoms with E-state index in [0.29, 0.717) is 0 Å². The second-order valence-electron chi connectivity index (χ2n) is 6.72. The molecule has 3 rings (SSSR count). The van der Waals surface area contributed by atoms with Crippen LogP contribution >= 0.6 is 23.5 Å². The van der Waals surface area contributed by atoms with Crippen LogP contribution in [0.25, 0.3) is 0 Å². The summed E-state index contributed by atoms with van der Waals surface area (Å²) >= 11 is 3.54. The van der Waals surface area contributed by atoms with Gasteiger partial charge in [0.1, 0.15) is 0 Å². The molecule has 0 unspecified atom stereocenters. The topological polar surface area (TPSA) is 3.24 Å². The minimum absolute atomic E-state index is 1.04. The van der Waals surface area contributed by atoms with Crippen LogP contribution in [-0.4, -0.2) is 7.05 Å². The van der Waals surface area contributed by atoms with Crippen LogP contribution in [0.3, 0.4) is 0 Å². The summed E-state index contributed by atoms with van der Waals surface area (Å²) in [6.45, 7) is 10.6. The quantitative estimate of drug-likeness (QED) is 0.386. The van der Waals surface area contributed by atoms with Gasteiger partial charge in [-0.1, -0.05) is 66.5 Å². The van der Waals surface area contributed by atoms with Gasteiger partial charge in [0.15, 0.2) is 0 Å². The lowest BCUT2D eigenvalue weighted by atomic mass is 10.2. The largest absolute Gasteiger partial charge is 0.338 e. The SMILES string of the molecule is C=C(/C=C/C=C/C=C1\Sc2cc(C)ccc2N1C)Sc1cc(C)ccc1C. The molecule has 0 aromatic heterocycles. The lowest BCUT2D eigenvalue weighted by Gasteiger charge is -2.12. The van der Waals surface area contributed by atoms with Crippen LogP contribution in [0.5, 0.6) is 0 Å². The first-order chi connectivity index (χ1) is 12.9. The fourth-order valence-corrected chi connectivity index (χ4v) is 4.85. The van der Waals surface area contributed by atoms with Crippen LogP contribution in [0.15, 0.2) is 93.1 Å². The Morgan fingerprint density at radius 3 is 2.56 bits per heavy atom. The summed E-state index contributed by atoms with van der Waals surface area (Å²) in [5.41, 5.74) is 5.14. The number of benzene rings is 2. The minimum Gasteiger partial charge on any atom is -0.338 e. The number of aryl methyl sites for hydroxylation is 3. The third-order valence-corrected chi connectivity index (χ3v) is 6.57. The summed E-state index contributed by atoms with van der Waals surface area (Å²) < 4.78 is 0. The van der Waals surface area contributed by atoms with Gasteiger partial charge in [0, 0.05) is 21.7 Å². The third kappa shape index (κ3) is 5.00. The molecule has 0 amide bonds. The van der Waals surface area contributed by atoms with Crippen molar-refractivity contribution in [1.82, 2.24) is 0 Å². The molecule has 0 atom stereocenters. The van der Waals surface area contributed by atoms with E-state index in [0.717, 1.165) is 4.91 Å². The average Bonchev–Trinajstić information content (AvgIpc) is 2.93. The molecule has 0 radical (unpaired) electrons. The zero-order valence-corrected chi connectivity index (χ0v) is 18.0. The molecule has 1 aliphatic rings. The van der Waals surface area contributed by atoms with E-state index in [1.54, 1.807) is 11.8 Å². The fraction of sp³-hybridized carbons (Fsp3) is 0.167. The van der Waals surface area contributed by atoms with E-state index in [1.807, 2.05) is 11.8 Å². The molecule has 0 bridgehead atoms. The monoisotopic (exact) mass is 391 g/mol. The zero-order chi connectivity index (χ0) is 19.4. The fourth-order valence-electron chi connectivity index (χ4n) is 2.78. The highest BCUT2D eigenvalue weighted by molar-refractivity contribution is 8.03. The predicted octanol–water partition coefficient (Wildman–Crippen LogP) is 7.41. The molecule has 27 heavy (non-hydrogen) atoms. The number of anilines is 1. The highest BCUT2D eigenvalue weighted by atomic mass is 32.2. The zero-order valence-electron chi connectivity index (χ0n) is 16.3. The Hall–Kier alpha value is -2.10. The van der Waals surface area contributed by atoms with Crippen molar-refractivity contribution in [2.24, 2.45) is 0 Å². The lowest BCUT2D eigenvalue weighted by molar-refractivity contribution is 1.17. The number of hydrogen-bond acceptors (Lipinski definition) is 3. The Balaban J connectivity index is 1.58. The van der Waals surface area contributed by atoms with Crippen molar-refractivity contribution in [3.8, 4) is 0 Å². The Bertz CT molecular complexity index is 951. The second-order valence-corrected chi connectivity index (χ2v) is 8.95. The van der Waals surface area contributed by atoms with Gasteiger partial charge in [0.25, 0.3) is 0 Å². The highest BCUT2D eigenvalue weighted by Crippen LogP contribution is 2.45. The maximum Gasteiger partial charge on any atom is 0.0798 e. The van der Waals surface area contributed by atoms with Gasteiger partial charge in [-0.15, -0.1) is 0 Å². The van der Waals surface area contributed by atoms with E-state index in [-0.39, 0.29) is 0 Å². The standard InChI is InChI=1S/C24H25NS2/c1-17-11-13-19(3)22(15-17)26-20(4)9-7-6-8-10-24-25(5)21-14-12-18(2)16-23(21)27-24/h6-16H,4H2,1-3,5H3/b8-6+,9-7+,24-10-. The molecule has 138 valence electrons. The van der Waals surface area contributed by atoms with E-state index in [4.69, 9.17) is 0 Å². The van der Waals surface area contributed by atoms with Gasteiger partial charge in [-0.3, -0.25) is 0 Å². The number of rotatable bonds is 5. The van der Waals surface area contributed by atoms with Gasteiger partial charge in [0.2, 0.25) is 0 Å². The van der Waals surface area contributed by atoms with Crippen molar-refractivity contribution >= 4 is 29.2 Å². The van der Waals surface area contributed by atoms with Crippen molar-refractivity contribution in [3.05, 3.63) is 100.0 Å². The summed E-state index contributed by atoms with van der Waals surface area (Å²) in [6.07, 6.45) is 10.4. The molecule has 1 heterocycles. The van der Waals surface area contributed by atoms with E-state index in [2.05, 4.69) is 106 Å². The summed E-state index contributed by atoms with van der Waals surface area (Å²) in [7, 11) is 2.12. The number of fused-ring (bicyclic) bond motifs is 1. The van der Waals surface area contributed by atoms with E-state index in [9.17, 15) is 0 Å². The second kappa shape index (κ2) is 8.73. The average molecular weight is 392 g/mol. The molecular formula is C24H25NS2. The molecular weight excluding hydrogens is 366 g/mol. The summed E-state index contributed by atoms with van der Waals surface area (Å²) in [6, 6.07) is 13.1. The van der Waals surface area contributed by atoms with Crippen molar-refractivity contribution in [2.75, 3.05) is 11.9 Å². The smallest absolute Gasteiger partial charge is 0.0798 e. The molecule has 0 fully saturated rings. The molecule has 1 aliphatic heterocycles. The van der Waals surface area contributed by atoms with Gasteiger partial charge >= 0.3 is 0 Å². The Morgan fingerprint density at radius 1 is 1.00 bits per heavy atom. The third-order valence-electron chi connectivity index (χ3n) is 4.35. The summed E-state index contributed by atoms with van der Waals surface area (Å²) in [5.74, 6) is 0. The van der Waals surface area contributed by atoms with Crippen LogP contribution in [0.2, 0.25) is 0 Å². The minimum atomic E-state index is 1.04. The highest BCUT2D eigenvalue weighted by Gasteiger charge is 2.20. The molecule has 0 N–H and O–H groups in total. The molecule has 1 nitrogen and oxygen atoms in total. The molecule has 0 aliphatic carbocycles. The predicted molar refractivity (Wildman–Crippen MR) is 123 cm³/mol. The van der Waals surface area contributed by atoms with Gasteiger partial charge < -0.3 is 4.90 Å². The van der Waals surface area contributed by atoms with Gasteiger partial charge in [0.05, 0.1) is 10.7 Å². The summed E-state index contributed by atoms with van der Waals surface area (Å²) in [4.78, 5) is 5.87. The van der Waals surface area contributed by atoms with E-state index < -0.39 is 0 Å². The van der Waals surface area contributed by atoms with Crippen molar-refractivity contribution < 1.29 is 0 Å². The van der Waals surface area contributed by atoms with E-state index >= 15 is 0 Å². The van der Waals surface area contributed by atoms with Gasteiger partial charge in [-0.05, 0) is 67.8 Å². The Morgan fingerprint density at radius 2 is 1.74 bits per heavy atom. The molecule has 2 aromatic rings. The molecule has 0 spiro atoms. The van der Waals surface area contributed by atoms with Crippen LogP contribution in [0.1, 0.15) is 16.7 Å². The van der Waals surface area contributed by atoms with Crippen LogP contribution in [-0.2, 0) is 0 Å². The molecule has 2 aromatic carbocycles. The first-order valence-electron chi connectivity index (χ1n) is 8.95. The van der Waals surface area contributed by atoms with Crippen molar-refractivity contribution in [1.29, 1.82) is 0 Å². The number of hydrogen-bond donors (Lipinski definition) is 0. The van der Waals surface area contributed by atoms with Gasteiger partial charge in [-0.25, -0.2) is 0 Å². The maximum atomic E-state index is 4.16. The molecule has 0 saturated carbocycles. The number of thioether (sulfide) groups is 2. The van der Waals surface area contributed by atoms with Crippen LogP contribution in [0.4, 0.5) is 5.69 Å². The molecule has 3 heteroatoms.